The molecule has 1 aliphatic rings. The van der Waals surface area contributed by atoms with Crippen molar-refractivity contribution in [3.05, 3.63) is 59.9 Å². The summed E-state index contributed by atoms with van der Waals surface area (Å²) in [4.78, 5) is 19.3. The summed E-state index contributed by atoms with van der Waals surface area (Å²) in [5.74, 6) is 1.49. The van der Waals surface area contributed by atoms with Crippen LogP contribution in [0.15, 0.2) is 53.6 Å². The fraction of sp³-hybridized carbons (Fsp3) is 0.167. The molecular weight excluding hydrogens is 304 g/mol. The molecule has 1 N–H and O–H groups in total. The van der Waals surface area contributed by atoms with Crippen LogP contribution < -0.4 is 4.74 Å². The van der Waals surface area contributed by atoms with Crippen LogP contribution in [-0.2, 0) is 4.79 Å². The number of fused-ring (bicyclic) bond motifs is 1. The van der Waals surface area contributed by atoms with Gasteiger partial charge in [0.05, 0.1) is 24.2 Å². The van der Waals surface area contributed by atoms with Crippen LogP contribution in [0.1, 0.15) is 23.9 Å². The molecule has 6 nitrogen and oxygen atoms in total. The number of hydrogen-bond donors (Lipinski definition) is 1. The molecule has 24 heavy (non-hydrogen) atoms. The van der Waals surface area contributed by atoms with Gasteiger partial charge in [0.1, 0.15) is 11.5 Å². The third-order valence-electron chi connectivity index (χ3n) is 4.21. The first-order chi connectivity index (χ1) is 11.8. The first-order valence-electron chi connectivity index (χ1n) is 7.68. The molecule has 0 bridgehead atoms. The number of hydrazone groups is 1. The molecule has 4 rings (SSSR count). The zero-order chi connectivity index (χ0) is 16.5. The van der Waals surface area contributed by atoms with Gasteiger partial charge in [-0.15, -0.1) is 0 Å². The molecule has 6 heteroatoms. The SMILES string of the molecule is COc1ccc(C2CC(c3nc4ccccc4[nH]3)=NN2C=O)cc1. The zero-order valence-corrected chi connectivity index (χ0v) is 13.1. The summed E-state index contributed by atoms with van der Waals surface area (Å²) in [6.45, 7) is 0. The van der Waals surface area contributed by atoms with E-state index in [9.17, 15) is 4.79 Å². The number of aromatic amines is 1. The molecule has 1 atom stereocenters. The lowest BCUT2D eigenvalue weighted by atomic mass is 10.0. The quantitative estimate of drug-likeness (QED) is 0.751. The molecule has 0 radical (unpaired) electrons. The maximum atomic E-state index is 11.4. The monoisotopic (exact) mass is 320 g/mol. The molecule has 2 aromatic carbocycles. The maximum Gasteiger partial charge on any atom is 0.230 e. The summed E-state index contributed by atoms with van der Waals surface area (Å²) in [6, 6.07) is 15.4. The fourth-order valence-electron chi connectivity index (χ4n) is 2.95. The van der Waals surface area contributed by atoms with Gasteiger partial charge in [-0.2, -0.15) is 5.10 Å². The lowest BCUT2D eigenvalue weighted by molar-refractivity contribution is -0.119. The first-order valence-corrected chi connectivity index (χ1v) is 7.68. The number of para-hydroxylation sites is 2. The van der Waals surface area contributed by atoms with E-state index in [1.54, 1.807) is 7.11 Å². The van der Waals surface area contributed by atoms with Gasteiger partial charge in [-0.3, -0.25) is 4.79 Å². The highest BCUT2D eigenvalue weighted by Gasteiger charge is 2.30. The first kappa shape index (κ1) is 14.4. The van der Waals surface area contributed by atoms with Crippen molar-refractivity contribution in [1.29, 1.82) is 0 Å². The van der Waals surface area contributed by atoms with Crippen molar-refractivity contribution in [1.82, 2.24) is 15.0 Å². The van der Waals surface area contributed by atoms with Crippen LogP contribution >= 0.6 is 0 Å². The van der Waals surface area contributed by atoms with Crippen molar-refractivity contribution in [3.63, 3.8) is 0 Å². The lowest BCUT2D eigenvalue weighted by Crippen LogP contribution is -2.17. The number of rotatable bonds is 4. The van der Waals surface area contributed by atoms with Gasteiger partial charge in [-0.05, 0) is 29.8 Å². The van der Waals surface area contributed by atoms with Gasteiger partial charge in [0, 0.05) is 6.42 Å². The minimum absolute atomic E-state index is 0.128. The number of benzene rings is 2. The average Bonchev–Trinajstić information content (AvgIpc) is 3.25. The van der Waals surface area contributed by atoms with Crippen LogP contribution in [0, 0.1) is 0 Å². The molecule has 2 heterocycles. The van der Waals surface area contributed by atoms with Gasteiger partial charge in [-0.25, -0.2) is 9.99 Å². The molecule has 0 saturated carbocycles. The number of aromatic nitrogens is 2. The van der Waals surface area contributed by atoms with Crippen LogP contribution in [0.3, 0.4) is 0 Å². The van der Waals surface area contributed by atoms with Crippen molar-refractivity contribution in [2.24, 2.45) is 5.10 Å². The lowest BCUT2D eigenvalue weighted by Gasteiger charge is -2.17. The number of H-pyrrole nitrogens is 1. The van der Waals surface area contributed by atoms with Gasteiger partial charge >= 0.3 is 0 Å². The topological polar surface area (TPSA) is 70.6 Å². The van der Waals surface area contributed by atoms with Crippen molar-refractivity contribution in [2.75, 3.05) is 7.11 Å². The molecule has 0 fully saturated rings. The van der Waals surface area contributed by atoms with Gasteiger partial charge in [0.2, 0.25) is 6.41 Å². The number of carbonyl (C=O) groups excluding carboxylic acids is 1. The van der Waals surface area contributed by atoms with Crippen molar-refractivity contribution in [3.8, 4) is 5.75 Å². The molecule has 1 aromatic heterocycles. The summed E-state index contributed by atoms with van der Waals surface area (Å²) in [5, 5.41) is 5.88. The van der Waals surface area contributed by atoms with Crippen molar-refractivity contribution < 1.29 is 9.53 Å². The Morgan fingerprint density at radius 3 is 2.71 bits per heavy atom. The number of nitrogens with one attached hydrogen (secondary N) is 1. The van der Waals surface area contributed by atoms with Crippen molar-refractivity contribution >= 4 is 23.2 Å². The number of methoxy groups -OCH3 is 1. The zero-order valence-electron chi connectivity index (χ0n) is 13.1. The van der Waals surface area contributed by atoms with Crippen LogP contribution in [-0.4, -0.2) is 34.2 Å². The minimum atomic E-state index is -0.128. The molecule has 3 aromatic rings. The van der Waals surface area contributed by atoms with E-state index in [0.29, 0.717) is 12.2 Å². The van der Waals surface area contributed by atoms with E-state index in [1.807, 2.05) is 48.5 Å². The predicted molar refractivity (Wildman–Crippen MR) is 90.9 cm³/mol. The van der Waals surface area contributed by atoms with Crippen LogP contribution in [0.2, 0.25) is 0 Å². The Morgan fingerprint density at radius 1 is 1.21 bits per heavy atom. The largest absolute Gasteiger partial charge is 0.497 e. The third kappa shape index (κ3) is 2.42. The van der Waals surface area contributed by atoms with Gasteiger partial charge in [-0.1, -0.05) is 24.3 Å². The molecule has 0 spiro atoms. The highest BCUT2D eigenvalue weighted by Crippen LogP contribution is 2.32. The molecule has 1 amide bonds. The Kier molecular flexibility index (Phi) is 3.49. The predicted octanol–water partition coefficient (Wildman–Crippen LogP) is 2.88. The van der Waals surface area contributed by atoms with E-state index in [1.165, 1.54) is 5.01 Å². The summed E-state index contributed by atoms with van der Waals surface area (Å²) in [6.07, 6.45) is 1.37. The highest BCUT2D eigenvalue weighted by molar-refractivity contribution is 6.01. The molecule has 1 aliphatic heterocycles. The summed E-state index contributed by atoms with van der Waals surface area (Å²) in [7, 11) is 1.63. The van der Waals surface area contributed by atoms with Crippen LogP contribution in [0.4, 0.5) is 0 Å². The molecular formula is C18H16N4O2. The Labute approximate surface area is 138 Å². The Hall–Kier alpha value is -3.15. The second kappa shape index (κ2) is 5.81. The van der Waals surface area contributed by atoms with E-state index >= 15 is 0 Å². The normalized spacial score (nSPS) is 17.1. The number of ether oxygens (including phenoxy) is 1. The second-order valence-corrected chi connectivity index (χ2v) is 5.63. The minimum Gasteiger partial charge on any atom is -0.497 e. The summed E-state index contributed by atoms with van der Waals surface area (Å²) in [5.41, 5.74) is 3.64. The van der Waals surface area contributed by atoms with Gasteiger partial charge in [0.15, 0.2) is 5.82 Å². The summed E-state index contributed by atoms with van der Waals surface area (Å²) < 4.78 is 5.18. The molecule has 0 aliphatic carbocycles. The van der Waals surface area contributed by atoms with E-state index in [-0.39, 0.29) is 6.04 Å². The molecule has 120 valence electrons. The Bertz CT molecular complexity index is 881. The number of carbonyl (C=O) groups is 1. The highest BCUT2D eigenvalue weighted by atomic mass is 16.5. The number of imidazole rings is 1. The summed E-state index contributed by atoms with van der Waals surface area (Å²) >= 11 is 0. The van der Waals surface area contributed by atoms with Gasteiger partial charge < -0.3 is 9.72 Å². The maximum absolute atomic E-state index is 11.4. The Morgan fingerprint density at radius 2 is 2.00 bits per heavy atom. The van der Waals surface area contributed by atoms with E-state index in [2.05, 4.69) is 15.1 Å². The molecule has 0 saturated heterocycles. The standard InChI is InChI=1S/C18H16N4O2/c1-24-13-8-6-12(7-9-13)17-10-16(21-22(17)11-23)18-19-14-4-2-3-5-15(14)20-18/h2-9,11,17H,10H2,1H3,(H,19,20). The van der Waals surface area contributed by atoms with E-state index in [0.717, 1.165) is 34.5 Å². The van der Waals surface area contributed by atoms with Crippen LogP contribution in [0.25, 0.3) is 11.0 Å². The number of hydrogen-bond acceptors (Lipinski definition) is 4. The third-order valence-corrected chi connectivity index (χ3v) is 4.21. The second-order valence-electron chi connectivity index (χ2n) is 5.63. The smallest absolute Gasteiger partial charge is 0.230 e. The number of amides is 1. The van der Waals surface area contributed by atoms with E-state index < -0.39 is 0 Å². The Balaban J connectivity index is 1.65. The molecule has 1 unspecified atom stereocenters. The van der Waals surface area contributed by atoms with Crippen molar-refractivity contribution in [2.45, 2.75) is 12.5 Å². The van der Waals surface area contributed by atoms with Crippen LogP contribution in [0.5, 0.6) is 5.75 Å². The van der Waals surface area contributed by atoms with Gasteiger partial charge in [0.25, 0.3) is 0 Å². The number of nitrogens with zero attached hydrogens (tertiary/aromatic N) is 3. The average molecular weight is 320 g/mol. The van der Waals surface area contributed by atoms with E-state index in [4.69, 9.17) is 4.74 Å². The fourth-order valence-corrected chi connectivity index (χ4v) is 2.95.